The quantitative estimate of drug-likeness (QED) is 0.941. The van der Waals surface area contributed by atoms with Crippen molar-refractivity contribution in [3.63, 3.8) is 0 Å². The van der Waals surface area contributed by atoms with Gasteiger partial charge in [-0.15, -0.1) is 0 Å². The number of rotatable bonds is 4. The van der Waals surface area contributed by atoms with E-state index < -0.39 is 0 Å². The molecule has 1 N–H and O–H groups in total. The van der Waals surface area contributed by atoms with Crippen LogP contribution in [0.1, 0.15) is 30.0 Å². The minimum absolute atomic E-state index is 0.00653. The van der Waals surface area contributed by atoms with Crippen molar-refractivity contribution in [2.45, 2.75) is 25.4 Å². The predicted octanol–water partition coefficient (Wildman–Crippen LogP) is 2.91. The molecule has 0 aromatic heterocycles. The van der Waals surface area contributed by atoms with Gasteiger partial charge in [0.1, 0.15) is 0 Å². The summed E-state index contributed by atoms with van der Waals surface area (Å²) in [7, 11) is 1.79. The molecule has 24 heavy (non-hydrogen) atoms. The summed E-state index contributed by atoms with van der Waals surface area (Å²) in [5, 5.41) is 3.03. The number of likely N-dealkylation sites (tertiary alicyclic amines) is 1. The van der Waals surface area contributed by atoms with E-state index in [1.807, 2.05) is 60.7 Å². The van der Waals surface area contributed by atoms with Gasteiger partial charge in [-0.25, -0.2) is 0 Å². The summed E-state index contributed by atoms with van der Waals surface area (Å²) in [6.07, 6.45) is 1.01. The monoisotopic (exact) mass is 322 g/mol. The zero-order valence-electron chi connectivity index (χ0n) is 13.8. The van der Waals surface area contributed by atoms with E-state index in [0.717, 1.165) is 11.1 Å². The Hall–Kier alpha value is -2.62. The summed E-state index contributed by atoms with van der Waals surface area (Å²) in [5.41, 5.74) is 2.08. The van der Waals surface area contributed by atoms with E-state index in [9.17, 15) is 9.59 Å². The fraction of sp³-hybridized carbons (Fsp3) is 0.300. The molecule has 2 aromatic carbocycles. The first-order valence-electron chi connectivity index (χ1n) is 8.29. The zero-order chi connectivity index (χ0) is 16.9. The van der Waals surface area contributed by atoms with Crippen molar-refractivity contribution < 1.29 is 9.59 Å². The van der Waals surface area contributed by atoms with Crippen LogP contribution in [0, 0.1) is 5.92 Å². The fourth-order valence-electron chi connectivity index (χ4n) is 3.33. The van der Waals surface area contributed by atoms with Crippen molar-refractivity contribution in [2.24, 2.45) is 5.92 Å². The highest BCUT2D eigenvalue weighted by Crippen LogP contribution is 2.35. The first-order chi connectivity index (χ1) is 11.7. The van der Waals surface area contributed by atoms with Crippen LogP contribution in [0.3, 0.4) is 0 Å². The van der Waals surface area contributed by atoms with E-state index >= 15 is 0 Å². The van der Waals surface area contributed by atoms with Crippen LogP contribution < -0.4 is 5.32 Å². The smallest absolute Gasteiger partial charge is 0.225 e. The summed E-state index contributed by atoms with van der Waals surface area (Å²) < 4.78 is 0. The van der Waals surface area contributed by atoms with Gasteiger partial charge in [-0.3, -0.25) is 9.59 Å². The average molecular weight is 322 g/mol. The van der Waals surface area contributed by atoms with E-state index in [-0.39, 0.29) is 23.8 Å². The van der Waals surface area contributed by atoms with E-state index in [2.05, 4.69) is 5.32 Å². The van der Waals surface area contributed by atoms with E-state index in [0.29, 0.717) is 19.4 Å². The first kappa shape index (κ1) is 16.2. The molecule has 1 saturated heterocycles. The molecule has 0 spiro atoms. The average Bonchev–Trinajstić information content (AvgIpc) is 2.63. The van der Waals surface area contributed by atoms with Crippen molar-refractivity contribution in [1.29, 1.82) is 0 Å². The molecule has 3 rings (SSSR count). The Morgan fingerprint density at radius 2 is 1.71 bits per heavy atom. The van der Waals surface area contributed by atoms with Crippen LogP contribution in [-0.4, -0.2) is 23.8 Å². The molecule has 124 valence electrons. The van der Waals surface area contributed by atoms with Gasteiger partial charge < -0.3 is 10.2 Å². The highest BCUT2D eigenvalue weighted by atomic mass is 16.2. The van der Waals surface area contributed by atoms with Crippen LogP contribution in [0.25, 0.3) is 0 Å². The van der Waals surface area contributed by atoms with Crippen LogP contribution >= 0.6 is 0 Å². The minimum Gasteiger partial charge on any atom is -0.352 e. The van der Waals surface area contributed by atoms with Gasteiger partial charge in [-0.05, 0) is 17.5 Å². The van der Waals surface area contributed by atoms with Crippen molar-refractivity contribution in [2.75, 3.05) is 7.05 Å². The summed E-state index contributed by atoms with van der Waals surface area (Å²) in [6, 6.07) is 19.5. The van der Waals surface area contributed by atoms with E-state index in [4.69, 9.17) is 0 Å². The lowest BCUT2D eigenvalue weighted by Crippen LogP contribution is -2.46. The Kier molecular flexibility index (Phi) is 4.94. The largest absolute Gasteiger partial charge is 0.352 e. The molecule has 0 unspecified atom stereocenters. The van der Waals surface area contributed by atoms with Crippen LogP contribution in [0.2, 0.25) is 0 Å². The maximum Gasteiger partial charge on any atom is 0.225 e. The maximum atomic E-state index is 12.8. The standard InChI is InChI=1S/C20H22N2O2/c1-22-18(23)13-12-17(19(22)16-10-6-3-7-11-16)20(24)21-14-15-8-4-2-5-9-15/h2-11,17,19H,12-14H2,1H3,(H,21,24)/t17-,19-/m0/s1. The molecule has 2 atom stereocenters. The maximum absolute atomic E-state index is 12.8. The number of carbonyl (C=O) groups excluding carboxylic acids is 2. The zero-order valence-corrected chi connectivity index (χ0v) is 13.8. The third kappa shape index (κ3) is 3.48. The molecule has 1 heterocycles. The lowest BCUT2D eigenvalue weighted by molar-refractivity contribution is -0.141. The Morgan fingerprint density at radius 1 is 1.08 bits per heavy atom. The second-order valence-corrected chi connectivity index (χ2v) is 6.21. The summed E-state index contributed by atoms with van der Waals surface area (Å²) in [4.78, 5) is 26.6. The Labute approximate surface area is 142 Å². The number of piperidine rings is 1. The highest BCUT2D eigenvalue weighted by molar-refractivity contribution is 5.84. The number of amides is 2. The Balaban J connectivity index is 1.76. The van der Waals surface area contributed by atoms with Gasteiger partial charge in [0.2, 0.25) is 11.8 Å². The van der Waals surface area contributed by atoms with Crippen molar-refractivity contribution in [3.8, 4) is 0 Å². The third-order valence-electron chi connectivity index (χ3n) is 4.65. The van der Waals surface area contributed by atoms with Crippen molar-refractivity contribution in [3.05, 3.63) is 71.8 Å². The molecule has 4 heteroatoms. The first-order valence-corrected chi connectivity index (χ1v) is 8.29. The predicted molar refractivity (Wildman–Crippen MR) is 93.0 cm³/mol. The normalized spacial score (nSPS) is 20.7. The van der Waals surface area contributed by atoms with Crippen LogP contribution in [0.15, 0.2) is 60.7 Å². The van der Waals surface area contributed by atoms with Gasteiger partial charge in [0.05, 0.1) is 12.0 Å². The van der Waals surface area contributed by atoms with Gasteiger partial charge in [-0.2, -0.15) is 0 Å². The molecule has 0 saturated carbocycles. The molecule has 0 aliphatic carbocycles. The molecule has 0 bridgehead atoms. The van der Waals surface area contributed by atoms with Gasteiger partial charge in [0, 0.05) is 20.0 Å². The molecule has 4 nitrogen and oxygen atoms in total. The Morgan fingerprint density at radius 3 is 2.38 bits per heavy atom. The van der Waals surface area contributed by atoms with E-state index in [1.54, 1.807) is 11.9 Å². The van der Waals surface area contributed by atoms with Crippen molar-refractivity contribution >= 4 is 11.8 Å². The van der Waals surface area contributed by atoms with Gasteiger partial charge >= 0.3 is 0 Å². The third-order valence-corrected chi connectivity index (χ3v) is 4.65. The molecule has 1 aliphatic heterocycles. The number of carbonyl (C=O) groups is 2. The van der Waals surface area contributed by atoms with Crippen LogP contribution in [0.4, 0.5) is 0 Å². The lowest BCUT2D eigenvalue weighted by Gasteiger charge is -2.38. The minimum atomic E-state index is -0.223. The number of hydrogen-bond acceptors (Lipinski definition) is 2. The molecule has 1 aliphatic rings. The summed E-state index contributed by atoms with van der Waals surface area (Å²) in [6.45, 7) is 0.509. The van der Waals surface area contributed by atoms with Crippen LogP contribution in [-0.2, 0) is 16.1 Å². The molecule has 2 amide bonds. The number of nitrogens with zero attached hydrogens (tertiary/aromatic N) is 1. The summed E-state index contributed by atoms with van der Waals surface area (Å²) >= 11 is 0. The number of nitrogens with one attached hydrogen (secondary N) is 1. The lowest BCUT2D eigenvalue weighted by atomic mass is 9.84. The Bertz CT molecular complexity index is 700. The van der Waals surface area contributed by atoms with E-state index in [1.165, 1.54) is 0 Å². The molecule has 1 fully saturated rings. The topological polar surface area (TPSA) is 49.4 Å². The SMILES string of the molecule is CN1C(=O)CC[C@H](C(=O)NCc2ccccc2)[C@@H]1c1ccccc1. The second-order valence-electron chi connectivity index (χ2n) is 6.21. The second kappa shape index (κ2) is 7.30. The summed E-state index contributed by atoms with van der Waals surface area (Å²) in [5.74, 6) is -0.123. The highest BCUT2D eigenvalue weighted by Gasteiger charge is 2.38. The van der Waals surface area contributed by atoms with Gasteiger partial charge in [0.15, 0.2) is 0 Å². The van der Waals surface area contributed by atoms with Crippen LogP contribution in [0.5, 0.6) is 0 Å². The number of benzene rings is 2. The number of hydrogen-bond donors (Lipinski definition) is 1. The molecule has 2 aromatic rings. The molecule has 0 radical (unpaired) electrons. The fourth-order valence-corrected chi connectivity index (χ4v) is 3.33. The van der Waals surface area contributed by atoms with Gasteiger partial charge in [0.25, 0.3) is 0 Å². The van der Waals surface area contributed by atoms with Gasteiger partial charge in [-0.1, -0.05) is 60.7 Å². The van der Waals surface area contributed by atoms with Crippen molar-refractivity contribution in [1.82, 2.24) is 10.2 Å². The molecular formula is C20H22N2O2. The molecular weight excluding hydrogens is 300 g/mol.